The number of carbonyl (C=O) groups excluding carboxylic acids is 1. The molecule has 3 nitrogen and oxygen atoms in total. The summed E-state index contributed by atoms with van der Waals surface area (Å²) in [5.74, 6) is 0.0330. The highest BCUT2D eigenvalue weighted by molar-refractivity contribution is 5.91. The number of nitrogens with one attached hydrogen (secondary N) is 1. The molecule has 1 amide bonds. The molecule has 0 fully saturated rings. The zero-order valence-electron chi connectivity index (χ0n) is 11.1. The number of hydrogen-bond acceptors (Lipinski definition) is 2. The molecule has 0 bridgehead atoms. The van der Waals surface area contributed by atoms with E-state index in [1.807, 2.05) is 52.0 Å². The number of anilines is 1. The fourth-order valence-electron chi connectivity index (χ4n) is 1.68. The highest BCUT2D eigenvalue weighted by Gasteiger charge is 2.17. The summed E-state index contributed by atoms with van der Waals surface area (Å²) in [6.45, 7) is 8.05. The Balaban J connectivity index is 2.78. The Kier molecular flexibility index (Phi) is 4.29. The van der Waals surface area contributed by atoms with Crippen LogP contribution in [0.4, 0.5) is 5.69 Å². The van der Waals surface area contributed by atoms with Crippen LogP contribution in [0.15, 0.2) is 24.3 Å². The van der Waals surface area contributed by atoms with E-state index in [0.29, 0.717) is 6.42 Å². The topological polar surface area (TPSA) is 55.1 Å². The van der Waals surface area contributed by atoms with Crippen molar-refractivity contribution in [2.24, 2.45) is 11.1 Å². The summed E-state index contributed by atoms with van der Waals surface area (Å²) in [7, 11) is 0. The number of rotatable bonds is 3. The minimum Gasteiger partial charge on any atom is -0.326 e. The Hall–Kier alpha value is -1.35. The van der Waals surface area contributed by atoms with Crippen LogP contribution in [0.3, 0.4) is 0 Å². The number of para-hydroxylation sites is 1. The van der Waals surface area contributed by atoms with E-state index in [1.165, 1.54) is 0 Å². The summed E-state index contributed by atoms with van der Waals surface area (Å²) in [5, 5.41) is 2.93. The molecule has 1 atom stereocenters. The van der Waals surface area contributed by atoms with Crippen LogP contribution in [0.2, 0.25) is 0 Å². The first kappa shape index (κ1) is 13.7. The monoisotopic (exact) mass is 234 g/mol. The lowest BCUT2D eigenvalue weighted by Gasteiger charge is -2.19. The smallest absolute Gasteiger partial charge is 0.224 e. The number of nitrogens with two attached hydrogens (primary N) is 1. The molecule has 17 heavy (non-hydrogen) atoms. The lowest BCUT2D eigenvalue weighted by molar-refractivity contribution is -0.117. The van der Waals surface area contributed by atoms with Crippen molar-refractivity contribution in [3.63, 3.8) is 0 Å². The molecule has 3 heteroatoms. The summed E-state index contributed by atoms with van der Waals surface area (Å²) < 4.78 is 0. The molecule has 1 rings (SSSR count). The summed E-state index contributed by atoms with van der Waals surface area (Å²) >= 11 is 0. The molecular weight excluding hydrogens is 212 g/mol. The third-order valence-corrected chi connectivity index (χ3v) is 2.42. The van der Waals surface area contributed by atoms with E-state index in [4.69, 9.17) is 5.73 Å². The number of carbonyl (C=O) groups is 1. The molecule has 1 aromatic rings. The highest BCUT2D eigenvalue weighted by Crippen LogP contribution is 2.23. The van der Waals surface area contributed by atoms with Crippen LogP contribution in [-0.4, -0.2) is 5.91 Å². The van der Waals surface area contributed by atoms with Gasteiger partial charge in [-0.25, -0.2) is 0 Å². The van der Waals surface area contributed by atoms with Crippen molar-refractivity contribution in [1.82, 2.24) is 0 Å². The second kappa shape index (κ2) is 5.32. The van der Waals surface area contributed by atoms with Gasteiger partial charge in [0.25, 0.3) is 0 Å². The van der Waals surface area contributed by atoms with Gasteiger partial charge in [-0.05, 0) is 24.0 Å². The molecule has 94 valence electrons. The number of hydrogen-bond donors (Lipinski definition) is 2. The molecule has 0 aliphatic carbocycles. The zero-order valence-corrected chi connectivity index (χ0v) is 11.1. The van der Waals surface area contributed by atoms with Crippen LogP contribution in [0.25, 0.3) is 0 Å². The van der Waals surface area contributed by atoms with E-state index in [-0.39, 0.29) is 17.4 Å². The zero-order chi connectivity index (χ0) is 13.1. The first-order valence-electron chi connectivity index (χ1n) is 5.94. The van der Waals surface area contributed by atoms with Crippen LogP contribution in [-0.2, 0) is 4.79 Å². The molecule has 0 aromatic heterocycles. The van der Waals surface area contributed by atoms with Gasteiger partial charge in [0.15, 0.2) is 0 Å². The van der Waals surface area contributed by atoms with Crippen molar-refractivity contribution < 1.29 is 4.79 Å². The highest BCUT2D eigenvalue weighted by atomic mass is 16.1. The average Bonchev–Trinajstić information content (AvgIpc) is 2.14. The molecule has 0 saturated carbocycles. The van der Waals surface area contributed by atoms with Crippen molar-refractivity contribution in [3.8, 4) is 0 Å². The third kappa shape index (κ3) is 4.57. The van der Waals surface area contributed by atoms with Crippen molar-refractivity contribution in [1.29, 1.82) is 0 Å². The maximum Gasteiger partial charge on any atom is 0.224 e. The van der Waals surface area contributed by atoms with Gasteiger partial charge in [0.1, 0.15) is 0 Å². The Morgan fingerprint density at radius 1 is 1.35 bits per heavy atom. The second-order valence-corrected chi connectivity index (χ2v) is 5.66. The summed E-state index contributed by atoms with van der Waals surface area (Å²) in [5.41, 5.74) is 7.64. The van der Waals surface area contributed by atoms with Crippen molar-refractivity contribution in [2.45, 2.75) is 40.2 Å². The van der Waals surface area contributed by atoms with Gasteiger partial charge in [0, 0.05) is 18.2 Å². The first-order valence-corrected chi connectivity index (χ1v) is 5.94. The first-order chi connectivity index (χ1) is 7.79. The van der Waals surface area contributed by atoms with Gasteiger partial charge in [-0.3, -0.25) is 4.79 Å². The number of benzene rings is 1. The van der Waals surface area contributed by atoms with E-state index in [1.54, 1.807) is 0 Å². The predicted molar refractivity (Wildman–Crippen MR) is 71.7 cm³/mol. The molecule has 0 spiro atoms. The van der Waals surface area contributed by atoms with E-state index in [9.17, 15) is 4.79 Å². The lowest BCUT2D eigenvalue weighted by atomic mass is 9.92. The number of amides is 1. The van der Waals surface area contributed by atoms with Crippen LogP contribution in [0.1, 0.15) is 45.7 Å². The largest absolute Gasteiger partial charge is 0.326 e. The SMILES string of the molecule is CC(N)c1ccccc1NC(=O)CC(C)(C)C. The van der Waals surface area contributed by atoms with Crippen LogP contribution < -0.4 is 11.1 Å². The maximum atomic E-state index is 11.9. The van der Waals surface area contributed by atoms with Gasteiger partial charge in [0.2, 0.25) is 5.91 Å². The second-order valence-electron chi connectivity index (χ2n) is 5.66. The molecule has 0 aliphatic heterocycles. The van der Waals surface area contributed by atoms with Gasteiger partial charge < -0.3 is 11.1 Å². The summed E-state index contributed by atoms with van der Waals surface area (Å²) in [6.07, 6.45) is 0.500. The molecule has 0 radical (unpaired) electrons. The van der Waals surface area contributed by atoms with E-state index in [2.05, 4.69) is 5.32 Å². The molecule has 1 aromatic carbocycles. The Labute approximate surface area is 103 Å². The normalized spacial score (nSPS) is 13.2. The van der Waals surface area contributed by atoms with E-state index < -0.39 is 0 Å². The fourth-order valence-corrected chi connectivity index (χ4v) is 1.68. The Morgan fingerprint density at radius 3 is 2.47 bits per heavy atom. The third-order valence-electron chi connectivity index (χ3n) is 2.42. The van der Waals surface area contributed by atoms with Crippen LogP contribution >= 0.6 is 0 Å². The minimum absolute atomic E-state index is 0.00659. The Morgan fingerprint density at radius 2 is 1.94 bits per heavy atom. The molecular formula is C14H22N2O. The predicted octanol–water partition coefficient (Wildman–Crippen LogP) is 3.08. The van der Waals surface area contributed by atoms with Crippen LogP contribution in [0, 0.1) is 5.41 Å². The van der Waals surface area contributed by atoms with Crippen LogP contribution in [0.5, 0.6) is 0 Å². The fraction of sp³-hybridized carbons (Fsp3) is 0.500. The van der Waals surface area contributed by atoms with E-state index >= 15 is 0 Å². The molecule has 0 saturated heterocycles. The maximum absolute atomic E-state index is 11.9. The minimum atomic E-state index is -0.0823. The van der Waals surface area contributed by atoms with Gasteiger partial charge in [-0.15, -0.1) is 0 Å². The Bertz CT molecular complexity index is 391. The standard InChI is InChI=1S/C14H22N2O/c1-10(15)11-7-5-6-8-12(11)16-13(17)9-14(2,3)4/h5-8,10H,9,15H2,1-4H3,(H,16,17). The lowest BCUT2D eigenvalue weighted by Crippen LogP contribution is -2.21. The van der Waals surface area contributed by atoms with E-state index in [0.717, 1.165) is 11.3 Å². The van der Waals surface area contributed by atoms with Gasteiger partial charge in [0.05, 0.1) is 0 Å². The van der Waals surface area contributed by atoms with Gasteiger partial charge in [-0.2, -0.15) is 0 Å². The average molecular weight is 234 g/mol. The van der Waals surface area contributed by atoms with Crippen molar-refractivity contribution in [2.75, 3.05) is 5.32 Å². The van der Waals surface area contributed by atoms with Crippen molar-refractivity contribution >= 4 is 11.6 Å². The van der Waals surface area contributed by atoms with Gasteiger partial charge >= 0.3 is 0 Å². The summed E-state index contributed by atoms with van der Waals surface area (Å²) in [4.78, 5) is 11.9. The summed E-state index contributed by atoms with van der Waals surface area (Å²) in [6, 6.07) is 7.58. The van der Waals surface area contributed by atoms with Gasteiger partial charge in [-0.1, -0.05) is 39.0 Å². The molecule has 3 N–H and O–H groups in total. The molecule has 0 aliphatic rings. The molecule has 1 unspecified atom stereocenters. The van der Waals surface area contributed by atoms with Crippen molar-refractivity contribution in [3.05, 3.63) is 29.8 Å². The quantitative estimate of drug-likeness (QED) is 0.844. The molecule has 0 heterocycles.